The molecular weight excluding hydrogens is 311 g/mol. The van der Waals surface area contributed by atoms with E-state index in [9.17, 15) is 12.8 Å². The lowest BCUT2D eigenvalue weighted by Gasteiger charge is -2.12. The van der Waals surface area contributed by atoms with Gasteiger partial charge in [0, 0.05) is 11.4 Å². The number of benzene rings is 1. The van der Waals surface area contributed by atoms with Crippen LogP contribution in [0.2, 0.25) is 0 Å². The topological polar surface area (TPSA) is 58.2 Å². The summed E-state index contributed by atoms with van der Waals surface area (Å²) in [5, 5.41) is 4.78. The summed E-state index contributed by atoms with van der Waals surface area (Å²) in [6, 6.07) is 3.97. The molecule has 0 aliphatic heterocycles. The maximum absolute atomic E-state index is 13.1. The third kappa shape index (κ3) is 3.42. The Balaban J connectivity index is 2.41. The molecule has 0 saturated heterocycles. The van der Waals surface area contributed by atoms with Gasteiger partial charge in [-0.1, -0.05) is 0 Å². The first kappa shape index (κ1) is 15.9. The lowest BCUT2D eigenvalue weighted by Crippen LogP contribution is -2.17. The highest BCUT2D eigenvalue weighted by Gasteiger charge is 2.23. The van der Waals surface area contributed by atoms with Gasteiger partial charge >= 0.3 is 0 Å². The van der Waals surface area contributed by atoms with Crippen molar-refractivity contribution in [1.82, 2.24) is 5.32 Å². The molecule has 2 N–H and O–H groups in total. The third-order valence-electron chi connectivity index (χ3n) is 3.03. The quantitative estimate of drug-likeness (QED) is 0.887. The smallest absolute Gasteiger partial charge is 0.263 e. The van der Waals surface area contributed by atoms with Crippen LogP contribution in [0.1, 0.15) is 16.0 Å². The van der Waals surface area contributed by atoms with Crippen LogP contribution >= 0.6 is 11.3 Å². The summed E-state index contributed by atoms with van der Waals surface area (Å²) in [6.45, 7) is 3.91. The molecule has 0 radical (unpaired) electrons. The number of sulfonamides is 1. The Labute approximate surface area is 128 Å². The van der Waals surface area contributed by atoms with Crippen LogP contribution in [0.4, 0.5) is 10.1 Å². The summed E-state index contributed by atoms with van der Waals surface area (Å²) in [6.07, 6.45) is 0. The van der Waals surface area contributed by atoms with Gasteiger partial charge in [-0.3, -0.25) is 4.72 Å². The Kier molecular flexibility index (Phi) is 4.65. The van der Waals surface area contributed by atoms with Crippen LogP contribution in [0.5, 0.6) is 0 Å². The molecule has 0 amide bonds. The predicted molar refractivity (Wildman–Crippen MR) is 83.8 cm³/mol. The van der Waals surface area contributed by atoms with Crippen molar-refractivity contribution in [2.75, 3.05) is 11.8 Å². The van der Waals surface area contributed by atoms with Crippen LogP contribution in [0.25, 0.3) is 0 Å². The molecule has 1 aromatic heterocycles. The zero-order valence-electron chi connectivity index (χ0n) is 12.0. The molecule has 4 nitrogen and oxygen atoms in total. The van der Waals surface area contributed by atoms with Crippen molar-refractivity contribution in [3.05, 3.63) is 45.4 Å². The van der Waals surface area contributed by atoms with Gasteiger partial charge in [0.1, 0.15) is 10.7 Å². The molecule has 0 aliphatic carbocycles. The minimum Gasteiger partial charge on any atom is -0.315 e. The Morgan fingerprint density at radius 3 is 2.57 bits per heavy atom. The summed E-state index contributed by atoms with van der Waals surface area (Å²) >= 11 is 1.40. The van der Waals surface area contributed by atoms with E-state index in [1.165, 1.54) is 29.5 Å². The monoisotopic (exact) mass is 328 g/mol. The standard InChI is InChI=1S/C14H17FN2O2S2/c1-9-6-11(15)4-5-12(9)17-21(18,19)14-10(2)8-20-13(14)7-16-3/h4-6,8,16-17H,7H2,1-3H3. The molecular formula is C14H17FN2O2S2. The van der Waals surface area contributed by atoms with Gasteiger partial charge < -0.3 is 5.32 Å². The Hall–Kier alpha value is -1.44. The molecule has 2 rings (SSSR count). The average molecular weight is 328 g/mol. The number of hydrogen-bond donors (Lipinski definition) is 2. The third-order valence-corrected chi connectivity index (χ3v) is 5.86. The van der Waals surface area contributed by atoms with Crippen LogP contribution in [0.15, 0.2) is 28.5 Å². The SMILES string of the molecule is CNCc1scc(C)c1S(=O)(=O)Nc1ccc(F)cc1C. The lowest BCUT2D eigenvalue weighted by atomic mass is 10.2. The number of rotatable bonds is 5. The summed E-state index contributed by atoms with van der Waals surface area (Å²) < 4.78 is 40.8. The number of thiophene rings is 1. The summed E-state index contributed by atoms with van der Waals surface area (Å²) in [5.74, 6) is -0.391. The van der Waals surface area contributed by atoms with E-state index in [1.54, 1.807) is 20.9 Å². The zero-order valence-corrected chi connectivity index (χ0v) is 13.7. The fraction of sp³-hybridized carbons (Fsp3) is 0.286. The molecule has 1 aromatic carbocycles. The van der Waals surface area contributed by atoms with Gasteiger partial charge in [0.25, 0.3) is 10.0 Å². The van der Waals surface area contributed by atoms with Gasteiger partial charge in [0.15, 0.2) is 0 Å². The lowest BCUT2D eigenvalue weighted by molar-refractivity contribution is 0.599. The number of hydrogen-bond acceptors (Lipinski definition) is 4. The molecule has 1 heterocycles. The first-order chi connectivity index (χ1) is 9.85. The fourth-order valence-electron chi connectivity index (χ4n) is 2.07. The predicted octanol–water partition coefficient (Wildman–Crippen LogP) is 3.02. The van der Waals surface area contributed by atoms with Crippen molar-refractivity contribution in [1.29, 1.82) is 0 Å². The van der Waals surface area contributed by atoms with Gasteiger partial charge in [0.05, 0.1) is 5.69 Å². The number of anilines is 1. The van der Waals surface area contributed by atoms with E-state index < -0.39 is 15.8 Å². The molecule has 0 fully saturated rings. The highest BCUT2D eigenvalue weighted by atomic mass is 32.2. The molecule has 0 spiro atoms. The van der Waals surface area contributed by atoms with Gasteiger partial charge in [0.2, 0.25) is 0 Å². The van der Waals surface area contributed by atoms with E-state index in [4.69, 9.17) is 0 Å². The molecule has 0 aliphatic rings. The van der Waals surface area contributed by atoms with Crippen molar-refractivity contribution < 1.29 is 12.8 Å². The van der Waals surface area contributed by atoms with Crippen molar-refractivity contribution in [3.63, 3.8) is 0 Å². The molecule has 0 bridgehead atoms. The van der Waals surface area contributed by atoms with E-state index in [0.29, 0.717) is 28.3 Å². The van der Waals surface area contributed by atoms with E-state index >= 15 is 0 Å². The van der Waals surface area contributed by atoms with Crippen molar-refractivity contribution in [2.45, 2.75) is 25.3 Å². The Morgan fingerprint density at radius 2 is 1.95 bits per heavy atom. The molecule has 2 aromatic rings. The largest absolute Gasteiger partial charge is 0.315 e. The van der Waals surface area contributed by atoms with Gasteiger partial charge in [-0.05, 0) is 55.6 Å². The molecule has 0 unspecified atom stereocenters. The second-order valence-electron chi connectivity index (χ2n) is 4.77. The van der Waals surface area contributed by atoms with Crippen molar-refractivity contribution >= 4 is 27.0 Å². The highest BCUT2D eigenvalue weighted by Crippen LogP contribution is 2.29. The van der Waals surface area contributed by atoms with Gasteiger partial charge in [-0.25, -0.2) is 12.8 Å². The number of halogens is 1. The highest BCUT2D eigenvalue weighted by molar-refractivity contribution is 7.93. The maximum Gasteiger partial charge on any atom is 0.263 e. The van der Waals surface area contributed by atoms with Crippen LogP contribution in [0, 0.1) is 19.7 Å². The molecule has 7 heteroatoms. The van der Waals surface area contributed by atoms with E-state index in [0.717, 1.165) is 4.88 Å². The van der Waals surface area contributed by atoms with E-state index in [2.05, 4.69) is 10.0 Å². The molecule has 21 heavy (non-hydrogen) atoms. The minimum absolute atomic E-state index is 0.297. The van der Waals surface area contributed by atoms with Crippen LogP contribution < -0.4 is 10.0 Å². The Morgan fingerprint density at radius 1 is 1.24 bits per heavy atom. The summed E-state index contributed by atoms with van der Waals surface area (Å²) in [5.41, 5.74) is 1.64. The van der Waals surface area contributed by atoms with Crippen LogP contribution in [0.3, 0.4) is 0 Å². The zero-order chi connectivity index (χ0) is 15.6. The first-order valence-electron chi connectivity index (χ1n) is 6.35. The normalized spacial score (nSPS) is 11.6. The second-order valence-corrected chi connectivity index (χ2v) is 7.35. The second kappa shape index (κ2) is 6.13. The van der Waals surface area contributed by atoms with Crippen molar-refractivity contribution in [3.8, 4) is 0 Å². The van der Waals surface area contributed by atoms with Crippen molar-refractivity contribution in [2.24, 2.45) is 0 Å². The van der Waals surface area contributed by atoms with Gasteiger partial charge in [-0.2, -0.15) is 0 Å². The molecule has 0 saturated carbocycles. The first-order valence-corrected chi connectivity index (χ1v) is 8.72. The average Bonchev–Trinajstić information content (AvgIpc) is 2.75. The summed E-state index contributed by atoms with van der Waals surface area (Å²) in [7, 11) is -1.92. The number of aryl methyl sites for hydroxylation is 2. The summed E-state index contributed by atoms with van der Waals surface area (Å²) in [4.78, 5) is 1.05. The fourth-order valence-corrected chi connectivity index (χ4v) is 5.02. The minimum atomic E-state index is -3.69. The van der Waals surface area contributed by atoms with Crippen LogP contribution in [-0.4, -0.2) is 15.5 Å². The number of nitrogens with one attached hydrogen (secondary N) is 2. The molecule has 0 atom stereocenters. The molecule has 114 valence electrons. The van der Waals surface area contributed by atoms with E-state index in [1.807, 2.05) is 5.38 Å². The van der Waals surface area contributed by atoms with E-state index in [-0.39, 0.29) is 0 Å². The van der Waals surface area contributed by atoms with Gasteiger partial charge in [-0.15, -0.1) is 11.3 Å². The van der Waals surface area contributed by atoms with Crippen LogP contribution in [-0.2, 0) is 16.6 Å². The Bertz CT molecular complexity index is 754. The maximum atomic E-state index is 13.1.